The normalized spacial score (nSPS) is 11.6. The highest BCUT2D eigenvalue weighted by atomic mass is 79.9. The molecule has 4 nitrogen and oxygen atoms in total. The number of nitrogens with zero attached hydrogens (tertiary/aromatic N) is 2. The molecule has 1 N–H and O–H groups in total. The Morgan fingerprint density at radius 1 is 1.53 bits per heavy atom. The van der Waals surface area contributed by atoms with Crippen molar-refractivity contribution in [2.45, 2.75) is 33.2 Å². The van der Waals surface area contributed by atoms with Crippen LogP contribution in [0.2, 0.25) is 5.15 Å². The third-order valence-electron chi connectivity index (χ3n) is 1.72. The fraction of sp³-hybridized carbons (Fsp3) is 0.556. The highest BCUT2D eigenvalue weighted by Crippen LogP contribution is 2.33. The number of halogens is 2. The molecule has 1 heterocycles. The molecule has 0 radical (unpaired) electrons. The Bertz CT molecular complexity index is 395. The maximum absolute atomic E-state index is 10.9. The van der Waals surface area contributed by atoms with Gasteiger partial charge in [-0.25, -0.2) is 4.68 Å². The van der Waals surface area contributed by atoms with E-state index in [9.17, 15) is 4.79 Å². The van der Waals surface area contributed by atoms with Crippen LogP contribution >= 0.6 is 27.5 Å². The molecule has 0 saturated carbocycles. The molecule has 0 unspecified atom stereocenters. The lowest BCUT2D eigenvalue weighted by atomic mass is 10.1. The van der Waals surface area contributed by atoms with E-state index in [1.54, 1.807) is 4.68 Å². The lowest BCUT2D eigenvalue weighted by Gasteiger charge is -2.20. The van der Waals surface area contributed by atoms with Gasteiger partial charge in [-0.2, -0.15) is 5.10 Å². The molecule has 15 heavy (non-hydrogen) atoms. The van der Waals surface area contributed by atoms with Crippen LogP contribution in [0.5, 0.6) is 0 Å². The van der Waals surface area contributed by atoms with E-state index in [0.29, 0.717) is 15.4 Å². The maximum Gasteiger partial charge on any atom is 0.221 e. The van der Waals surface area contributed by atoms with Crippen molar-refractivity contribution in [2.24, 2.45) is 0 Å². The van der Waals surface area contributed by atoms with E-state index in [0.717, 1.165) is 0 Å². The Hall–Kier alpha value is -0.550. The van der Waals surface area contributed by atoms with Gasteiger partial charge in [0.1, 0.15) is 5.69 Å². The van der Waals surface area contributed by atoms with E-state index < -0.39 is 0 Å². The molecule has 0 aliphatic heterocycles. The summed E-state index contributed by atoms with van der Waals surface area (Å²) in [6.07, 6.45) is 0. The second-order valence-electron chi connectivity index (χ2n) is 4.22. The summed E-state index contributed by atoms with van der Waals surface area (Å²) < 4.78 is 2.20. The van der Waals surface area contributed by atoms with Gasteiger partial charge >= 0.3 is 0 Å². The van der Waals surface area contributed by atoms with Crippen LogP contribution in [-0.2, 0) is 10.3 Å². The molecule has 0 saturated heterocycles. The van der Waals surface area contributed by atoms with Crippen molar-refractivity contribution in [3.8, 4) is 0 Å². The molecule has 1 amide bonds. The average Bonchev–Trinajstić information content (AvgIpc) is 2.30. The van der Waals surface area contributed by atoms with E-state index in [-0.39, 0.29) is 11.4 Å². The summed E-state index contributed by atoms with van der Waals surface area (Å²) in [5.74, 6) is -0.175. The van der Waals surface area contributed by atoms with E-state index >= 15 is 0 Å². The molecule has 0 fully saturated rings. The second kappa shape index (κ2) is 4.14. The molecule has 84 valence electrons. The second-order valence-corrected chi connectivity index (χ2v) is 5.33. The number of carbonyl (C=O) groups excluding carboxylic acids is 1. The average molecular weight is 295 g/mol. The van der Waals surface area contributed by atoms with E-state index in [1.165, 1.54) is 6.92 Å². The summed E-state index contributed by atoms with van der Waals surface area (Å²) in [5, 5.41) is 7.27. The predicted octanol–water partition coefficient (Wildman–Crippen LogP) is 3.01. The number of hydrogen-bond donors (Lipinski definition) is 1. The van der Waals surface area contributed by atoms with Gasteiger partial charge < -0.3 is 5.32 Å². The quantitative estimate of drug-likeness (QED) is 0.865. The fourth-order valence-electron chi connectivity index (χ4n) is 1.10. The zero-order valence-electron chi connectivity index (χ0n) is 9.06. The molecule has 1 aromatic rings. The Kier molecular flexibility index (Phi) is 3.45. The largest absolute Gasteiger partial charge is 0.321 e. The van der Waals surface area contributed by atoms with Crippen molar-refractivity contribution in [1.82, 2.24) is 9.78 Å². The third-order valence-corrected chi connectivity index (χ3v) is 2.63. The van der Waals surface area contributed by atoms with Crippen LogP contribution in [0.1, 0.15) is 27.7 Å². The monoisotopic (exact) mass is 293 g/mol. The van der Waals surface area contributed by atoms with Crippen molar-refractivity contribution in [2.75, 3.05) is 5.32 Å². The number of carbonyl (C=O) groups is 1. The maximum atomic E-state index is 10.9. The Morgan fingerprint density at radius 3 is 2.40 bits per heavy atom. The first kappa shape index (κ1) is 12.5. The summed E-state index contributed by atoms with van der Waals surface area (Å²) >= 11 is 9.37. The number of nitrogens with one attached hydrogen (secondary N) is 1. The van der Waals surface area contributed by atoms with Crippen LogP contribution in [0.4, 0.5) is 5.69 Å². The van der Waals surface area contributed by atoms with Crippen molar-refractivity contribution < 1.29 is 4.79 Å². The number of amides is 1. The van der Waals surface area contributed by atoms with Crippen LogP contribution < -0.4 is 5.32 Å². The minimum Gasteiger partial charge on any atom is -0.321 e. The predicted molar refractivity (Wildman–Crippen MR) is 64.2 cm³/mol. The van der Waals surface area contributed by atoms with Crippen LogP contribution in [0.15, 0.2) is 4.60 Å². The molecule has 6 heteroatoms. The lowest BCUT2D eigenvalue weighted by molar-refractivity contribution is -0.114. The zero-order valence-corrected chi connectivity index (χ0v) is 11.4. The van der Waals surface area contributed by atoms with Gasteiger partial charge in [-0.3, -0.25) is 4.79 Å². The Morgan fingerprint density at radius 2 is 2.07 bits per heavy atom. The first-order valence-corrected chi connectivity index (χ1v) is 5.62. The summed E-state index contributed by atoms with van der Waals surface area (Å²) in [7, 11) is 0. The van der Waals surface area contributed by atoms with Gasteiger partial charge in [0.05, 0.1) is 5.54 Å². The molecule has 1 rings (SSSR count). The summed E-state index contributed by atoms with van der Waals surface area (Å²) in [4.78, 5) is 10.9. The molecule has 0 atom stereocenters. The van der Waals surface area contributed by atoms with Gasteiger partial charge in [-0.05, 0) is 36.7 Å². The standard InChI is InChI=1S/C9H13BrClN3O/c1-5(15)12-6-7(10)13-14(8(6)11)9(2,3)4/h1-4H3,(H,12,15). The SMILES string of the molecule is CC(=O)Nc1c(Br)nn(C(C)(C)C)c1Cl. The molecule has 0 aliphatic rings. The van der Waals surface area contributed by atoms with Crippen LogP contribution in [0.25, 0.3) is 0 Å². The zero-order chi connectivity index (χ0) is 11.8. The van der Waals surface area contributed by atoms with Crippen LogP contribution in [0, 0.1) is 0 Å². The van der Waals surface area contributed by atoms with Gasteiger partial charge in [-0.1, -0.05) is 11.6 Å². The number of rotatable bonds is 1. The van der Waals surface area contributed by atoms with Gasteiger partial charge in [0.25, 0.3) is 0 Å². The molecule has 0 bridgehead atoms. The number of aromatic nitrogens is 2. The first-order chi connectivity index (χ1) is 6.73. The number of anilines is 1. The van der Waals surface area contributed by atoms with Gasteiger partial charge in [-0.15, -0.1) is 0 Å². The molecular weight excluding hydrogens is 281 g/mol. The highest BCUT2D eigenvalue weighted by molar-refractivity contribution is 9.10. The van der Waals surface area contributed by atoms with Gasteiger partial charge in [0.15, 0.2) is 9.76 Å². The van der Waals surface area contributed by atoms with E-state index in [1.807, 2.05) is 20.8 Å². The summed E-state index contributed by atoms with van der Waals surface area (Å²) in [6.45, 7) is 7.37. The van der Waals surface area contributed by atoms with Gasteiger partial charge in [0.2, 0.25) is 5.91 Å². The number of hydrogen-bond acceptors (Lipinski definition) is 2. The molecule has 0 spiro atoms. The highest BCUT2D eigenvalue weighted by Gasteiger charge is 2.23. The van der Waals surface area contributed by atoms with Crippen molar-refractivity contribution in [1.29, 1.82) is 0 Å². The van der Waals surface area contributed by atoms with E-state index in [4.69, 9.17) is 11.6 Å². The third kappa shape index (κ3) is 2.72. The Balaban J connectivity index is 3.21. The smallest absolute Gasteiger partial charge is 0.221 e. The molecule has 0 aromatic carbocycles. The van der Waals surface area contributed by atoms with Crippen molar-refractivity contribution in [3.63, 3.8) is 0 Å². The minimum absolute atomic E-state index is 0.175. The van der Waals surface area contributed by atoms with Crippen LogP contribution in [-0.4, -0.2) is 15.7 Å². The topological polar surface area (TPSA) is 46.9 Å². The van der Waals surface area contributed by atoms with Crippen molar-refractivity contribution in [3.05, 3.63) is 9.76 Å². The lowest BCUT2D eigenvalue weighted by Crippen LogP contribution is -2.23. The molecule has 0 aliphatic carbocycles. The summed E-state index contributed by atoms with van der Waals surface area (Å²) in [6, 6.07) is 0. The minimum atomic E-state index is -0.226. The first-order valence-electron chi connectivity index (χ1n) is 4.45. The van der Waals surface area contributed by atoms with Gasteiger partial charge in [0, 0.05) is 6.92 Å². The van der Waals surface area contributed by atoms with Crippen LogP contribution in [0.3, 0.4) is 0 Å². The fourth-order valence-corrected chi connectivity index (χ4v) is 2.08. The molecular formula is C9H13BrClN3O. The summed E-state index contributed by atoms with van der Waals surface area (Å²) in [5.41, 5.74) is 0.287. The molecule has 1 aromatic heterocycles. The van der Waals surface area contributed by atoms with Crippen molar-refractivity contribution >= 4 is 39.1 Å². The van der Waals surface area contributed by atoms with E-state index in [2.05, 4.69) is 26.3 Å². The Labute approximate surface area is 102 Å².